The van der Waals surface area contributed by atoms with E-state index >= 15 is 0 Å². The van der Waals surface area contributed by atoms with Crippen molar-refractivity contribution >= 4 is 11.6 Å². The average molecular weight is 412 g/mol. The van der Waals surface area contributed by atoms with E-state index in [9.17, 15) is 4.79 Å². The highest BCUT2D eigenvalue weighted by Crippen LogP contribution is 2.42. The second-order valence-electron chi connectivity index (χ2n) is 8.93. The molecule has 0 N–H and O–H groups in total. The number of likely N-dealkylation sites (tertiary alicyclic amines) is 1. The van der Waals surface area contributed by atoms with E-state index in [1.165, 1.54) is 29.7 Å². The molecule has 2 aliphatic rings. The highest BCUT2D eigenvalue weighted by molar-refractivity contribution is 5.94. The molecule has 1 spiro atoms. The molecule has 0 unspecified atom stereocenters. The van der Waals surface area contributed by atoms with Crippen molar-refractivity contribution in [3.63, 3.8) is 0 Å². The van der Waals surface area contributed by atoms with Crippen LogP contribution in [0.2, 0.25) is 0 Å². The minimum atomic E-state index is 0.146. The topological polar surface area (TPSA) is 36.4 Å². The van der Waals surface area contributed by atoms with Crippen molar-refractivity contribution in [1.29, 1.82) is 0 Å². The summed E-state index contributed by atoms with van der Waals surface area (Å²) in [4.78, 5) is 21.3. The molecule has 3 heterocycles. The largest absolute Gasteiger partial charge is 0.371 e. The summed E-state index contributed by atoms with van der Waals surface area (Å²) in [5, 5.41) is 0. The molecule has 1 aromatic heterocycles. The predicted octanol–water partition coefficient (Wildman–Crippen LogP) is 5.27. The van der Waals surface area contributed by atoms with Crippen LogP contribution >= 0.6 is 0 Å². The van der Waals surface area contributed by atoms with Gasteiger partial charge in [-0.05, 0) is 66.5 Å². The van der Waals surface area contributed by atoms with Gasteiger partial charge in [0.25, 0.3) is 5.91 Å². The number of benzene rings is 2. The Morgan fingerprint density at radius 1 is 0.742 bits per heavy atom. The number of hydrogen-bond acceptors (Lipinski definition) is 3. The summed E-state index contributed by atoms with van der Waals surface area (Å²) in [5.41, 5.74) is 5.01. The molecule has 158 valence electrons. The number of piperidine rings is 2. The van der Waals surface area contributed by atoms with E-state index in [0.29, 0.717) is 5.41 Å². The Hall–Kier alpha value is -3.14. The summed E-state index contributed by atoms with van der Waals surface area (Å²) in [7, 11) is 0. The lowest BCUT2D eigenvalue weighted by molar-refractivity contribution is 0.0515. The van der Waals surface area contributed by atoms with Crippen LogP contribution in [0.25, 0.3) is 11.1 Å². The second kappa shape index (κ2) is 8.54. The van der Waals surface area contributed by atoms with Crippen molar-refractivity contribution in [2.75, 3.05) is 31.1 Å². The van der Waals surface area contributed by atoms with E-state index in [2.05, 4.69) is 64.5 Å². The van der Waals surface area contributed by atoms with Crippen LogP contribution < -0.4 is 4.90 Å². The number of nitrogens with zero attached hydrogens (tertiary/aromatic N) is 3. The lowest BCUT2D eigenvalue weighted by Gasteiger charge is -2.47. The van der Waals surface area contributed by atoms with Gasteiger partial charge in [0, 0.05) is 49.8 Å². The smallest absolute Gasteiger partial charge is 0.253 e. The van der Waals surface area contributed by atoms with Crippen LogP contribution in [0, 0.1) is 5.41 Å². The van der Waals surface area contributed by atoms with E-state index < -0.39 is 0 Å². The van der Waals surface area contributed by atoms with Gasteiger partial charge in [0.15, 0.2) is 0 Å². The first kappa shape index (κ1) is 19.8. The van der Waals surface area contributed by atoms with E-state index in [1.807, 2.05) is 17.0 Å². The van der Waals surface area contributed by atoms with Crippen LogP contribution in [0.3, 0.4) is 0 Å². The molecular weight excluding hydrogens is 382 g/mol. The van der Waals surface area contributed by atoms with E-state index in [4.69, 9.17) is 0 Å². The zero-order valence-corrected chi connectivity index (χ0v) is 17.9. The maximum absolute atomic E-state index is 12.7. The molecule has 1 amide bonds. The Balaban J connectivity index is 1.20. The van der Waals surface area contributed by atoms with Gasteiger partial charge in [-0.15, -0.1) is 0 Å². The number of amides is 1. The van der Waals surface area contributed by atoms with Crippen LogP contribution in [-0.4, -0.2) is 42.0 Å². The molecular formula is C27H29N3O. The van der Waals surface area contributed by atoms with Gasteiger partial charge < -0.3 is 9.80 Å². The summed E-state index contributed by atoms with van der Waals surface area (Å²) in [6.07, 6.45) is 8.03. The monoisotopic (exact) mass is 411 g/mol. The number of pyridine rings is 1. The zero-order valence-electron chi connectivity index (χ0n) is 17.9. The van der Waals surface area contributed by atoms with Crippen LogP contribution in [0.1, 0.15) is 36.0 Å². The Kier molecular flexibility index (Phi) is 5.46. The third-order valence-corrected chi connectivity index (χ3v) is 7.18. The molecule has 2 saturated heterocycles. The predicted molar refractivity (Wildman–Crippen MR) is 125 cm³/mol. The molecule has 0 bridgehead atoms. The highest BCUT2D eigenvalue weighted by Gasteiger charge is 2.38. The van der Waals surface area contributed by atoms with Gasteiger partial charge in [-0.2, -0.15) is 0 Å². The molecule has 0 saturated carbocycles. The molecule has 4 heteroatoms. The summed E-state index contributed by atoms with van der Waals surface area (Å²) in [5.74, 6) is 0.146. The van der Waals surface area contributed by atoms with Crippen molar-refractivity contribution in [3.8, 4) is 11.1 Å². The molecule has 5 rings (SSSR count). The van der Waals surface area contributed by atoms with Crippen molar-refractivity contribution < 1.29 is 4.79 Å². The quantitative estimate of drug-likeness (QED) is 0.589. The maximum Gasteiger partial charge on any atom is 0.253 e. The van der Waals surface area contributed by atoms with Gasteiger partial charge in [-0.3, -0.25) is 9.78 Å². The molecule has 0 atom stereocenters. The number of aromatic nitrogens is 1. The Bertz CT molecular complexity index is 1020. The number of rotatable bonds is 3. The van der Waals surface area contributed by atoms with E-state index in [1.54, 1.807) is 12.4 Å². The number of anilines is 1. The number of hydrogen-bond donors (Lipinski definition) is 0. The fourth-order valence-electron chi connectivity index (χ4n) is 5.11. The highest BCUT2D eigenvalue weighted by atomic mass is 16.2. The minimum Gasteiger partial charge on any atom is -0.371 e. The fourth-order valence-corrected chi connectivity index (χ4v) is 5.11. The number of carbonyl (C=O) groups is 1. The molecule has 0 aliphatic carbocycles. The van der Waals surface area contributed by atoms with Crippen LogP contribution in [-0.2, 0) is 0 Å². The van der Waals surface area contributed by atoms with Gasteiger partial charge in [0.1, 0.15) is 0 Å². The van der Waals surface area contributed by atoms with Crippen LogP contribution in [0.15, 0.2) is 79.1 Å². The Labute approximate surface area is 184 Å². The third kappa shape index (κ3) is 4.20. The van der Waals surface area contributed by atoms with Gasteiger partial charge in [0.2, 0.25) is 0 Å². The third-order valence-electron chi connectivity index (χ3n) is 7.18. The van der Waals surface area contributed by atoms with Crippen molar-refractivity contribution in [3.05, 3.63) is 84.7 Å². The second-order valence-corrected chi connectivity index (χ2v) is 8.93. The van der Waals surface area contributed by atoms with Gasteiger partial charge >= 0.3 is 0 Å². The molecule has 31 heavy (non-hydrogen) atoms. The summed E-state index contributed by atoms with van der Waals surface area (Å²) in [6, 6.07) is 23.2. The molecule has 2 fully saturated rings. The summed E-state index contributed by atoms with van der Waals surface area (Å²) < 4.78 is 0. The normalized spacial score (nSPS) is 18.2. The van der Waals surface area contributed by atoms with Crippen LogP contribution in [0.5, 0.6) is 0 Å². The standard InChI is InChI=1S/C27H29N3O/c31-26(23-9-15-28-16-10-23)30-19-13-27(14-20-30)11-17-29(18-12-27)25-8-4-7-24(21-25)22-5-2-1-3-6-22/h1-10,15-16,21H,11-14,17-20H2. The molecule has 3 aromatic rings. The van der Waals surface area contributed by atoms with E-state index in [-0.39, 0.29) is 5.91 Å². The van der Waals surface area contributed by atoms with Crippen molar-refractivity contribution in [2.24, 2.45) is 5.41 Å². The van der Waals surface area contributed by atoms with Crippen molar-refractivity contribution in [2.45, 2.75) is 25.7 Å². The SMILES string of the molecule is O=C(c1ccncc1)N1CCC2(CC1)CCN(c1cccc(-c3ccccc3)c1)CC2. The molecule has 2 aromatic carbocycles. The first-order chi connectivity index (χ1) is 15.2. The summed E-state index contributed by atoms with van der Waals surface area (Å²) in [6.45, 7) is 3.92. The first-order valence-electron chi connectivity index (χ1n) is 11.3. The lowest BCUT2D eigenvalue weighted by atomic mass is 9.71. The molecule has 4 nitrogen and oxygen atoms in total. The fraction of sp³-hybridized carbons (Fsp3) is 0.333. The maximum atomic E-state index is 12.7. The Morgan fingerprint density at radius 3 is 2.10 bits per heavy atom. The van der Waals surface area contributed by atoms with Crippen LogP contribution in [0.4, 0.5) is 5.69 Å². The zero-order chi connectivity index (χ0) is 21.1. The number of carbonyl (C=O) groups excluding carboxylic acids is 1. The lowest BCUT2D eigenvalue weighted by Crippen LogP contribution is -2.48. The van der Waals surface area contributed by atoms with Crippen molar-refractivity contribution in [1.82, 2.24) is 9.88 Å². The molecule has 2 aliphatic heterocycles. The average Bonchev–Trinajstić information content (AvgIpc) is 2.86. The first-order valence-corrected chi connectivity index (χ1v) is 11.3. The van der Waals surface area contributed by atoms with Gasteiger partial charge in [-0.1, -0.05) is 42.5 Å². The Morgan fingerprint density at radius 2 is 1.39 bits per heavy atom. The van der Waals surface area contributed by atoms with Gasteiger partial charge in [0.05, 0.1) is 0 Å². The van der Waals surface area contributed by atoms with E-state index in [0.717, 1.165) is 44.6 Å². The summed E-state index contributed by atoms with van der Waals surface area (Å²) >= 11 is 0. The minimum absolute atomic E-state index is 0.146. The molecule has 0 radical (unpaired) electrons. The van der Waals surface area contributed by atoms with Gasteiger partial charge in [-0.25, -0.2) is 0 Å².